The van der Waals surface area contributed by atoms with Gasteiger partial charge in [0.05, 0.1) is 18.7 Å². The number of hydrogen-bond donors (Lipinski definition) is 8. The van der Waals surface area contributed by atoms with Crippen molar-refractivity contribution in [1.82, 2.24) is 36.1 Å². The lowest BCUT2D eigenvalue weighted by Crippen LogP contribution is -2.60. The highest BCUT2D eigenvalue weighted by molar-refractivity contribution is 5.96. The summed E-state index contributed by atoms with van der Waals surface area (Å²) in [6.07, 6.45) is 4.33. The van der Waals surface area contributed by atoms with E-state index in [9.17, 15) is 39.0 Å². The zero-order chi connectivity index (χ0) is 42.4. The molecule has 1 saturated heterocycles. The Kier molecular flexibility index (Phi) is 16.8. The molecule has 2 aromatic carbocycles. The SMILES string of the molecule is CC[C@H](C)[C@H](NC(=O)[C@H](Cc1ccc(O)cc1)NC(=O)[C@@H](CN)C(C)C)C(=O)N[C@@H](Cc1cnc[nH]1)C(=O)N1CCC[C@H]1C(=O)N[C@H](CC(=O)O)Cc1ccccc1. The molecular weight excluding hydrogens is 745 g/mol. The van der Waals surface area contributed by atoms with Crippen LogP contribution < -0.4 is 27.0 Å². The molecule has 1 fully saturated rings. The van der Waals surface area contributed by atoms with Gasteiger partial charge >= 0.3 is 5.97 Å². The highest BCUT2D eigenvalue weighted by Gasteiger charge is 2.40. The van der Waals surface area contributed by atoms with Crippen LogP contribution in [-0.2, 0) is 48.0 Å². The smallest absolute Gasteiger partial charge is 0.305 e. The molecule has 16 nitrogen and oxygen atoms in total. The second kappa shape index (κ2) is 21.7. The molecule has 0 radical (unpaired) electrons. The number of carbonyl (C=O) groups is 6. The highest BCUT2D eigenvalue weighted by atomic mass is 16.4. The number of phenols is 1. The number of imidazole rings is 1. The third-order valence-corrected chi connectivity index (χ3v) is 10.7. The second-order valence-corrected chi connectivity index (χ2v) is 15.4. The largest absolute Gasteiger partial charge is 0.508 e. The quantitative estimate of drug-likeness (QED) is 0.0776. The molecule has 0 unspecified atom stereocenters. The summed E-state index contributed by atoms with van der Waals surface area (Å²) in [6.45, 7) is 7.66. The van der Waals surface area contributed by atoms with Gasteiger partial charge in [0.15, 0.2) is 0 Å². The van der Waals surface area contributed by atoms with E-state index in [4.69, 9.17) is 5.73 Å². The number of aromatic nitrogens is 2. The number of carbonyl (C=O) groups excluding carboxylic acids is 5. The van der Waals surface area contributed by atoms with Gasteiger partial charge in [0.25, 0.3) is 0 Å². The van der Waals surface area contributed by atoms with Gasteiger partial charge < -0.3 is 47.1 Å². The van der Waals surface area contributed by atoms with Crippen molar-refractivity contribution < 1.29 is 39.0 Å². The lowest BCUT2D eigenvalue weighted by Gasteiger charge is -2.32. The number of benzene rings is 2. The Labute approximate surface area is 339 Å². The molecule has 58 heavy (non-hydrogen) atoms. The molecule has 5 amide bonds. The number of H-pyrrole nitrogens is 1. The first kappa shape index (κ1) is 44.9. The third-order valence-electron chi connectivity index (χ3n) is 10.7. The molecule has 0 bridgehead atoms. The first-order chi connectivity index (χ1) is 27.7. The van der Waals surface area contributed by atoms with E-state index in [-0.39, 0.29) is 50.4 Å². The van der Waals surface area contributed by atoms with E-state index in [1.54, 1.807) is 19.1 Å². The number of nitrogens with two attached hydrogens (primary N) is 1. The van der Waals surface area contributed by atoms with Gasteiger partial charge in [0.2, 0.25) is 29.5 Å². The number of phenolic OH excluding ortho intramolecular Hbond substituents is 1. The maximum absolute atomic E-state index is 14.4. The number of likely N-dealkylation sites (tertiary alicyclic amines) is 1. The molecule has 16 heteroatoms. The Hall–Kier alpha value is -5.77. The number of aromatic hydroxyl groups is 1. The predicted molar refractivity (Wildman–Crippen MR) is 216 cm³/mol. The summed E-state index contributed by atoms with van der Waals surface area (Å²) in [5.74, 6) is -4.80. The standard InChI is InChI=1S/C42H58N8O8/c1-5-26(4)37(49-39(55)33(19-28-13-15-31(51)16-14-28)47-38(54)32(22-43)25(2)3)41(57)48-34(20-30-23-44-24-45-30)42(58)50-17-9-12-35(50)40(56)46-29(21-36(52)53)18-27-10-7-6-8-11-27/h6-8,10-11,13-16,23-26,29,32-35,37,51H,5,9,12,17-22,43H2,1-4H3,(H,44,45)(H,46,56)(H,47,54)(H,48,57)(H,49,55)(H,52,53)/t26-,29-,32-,33-,34-,35-,37-/m0/s1. The van der Waals surface area contributed by atoms with Crippen molar-refractivity contribution in [3.05, 3.63) is 83.9 Å². The van der Waals surface area contributed by atoms with Crippen LogP contribution in [0.1, 0.15) is 70.2 Å². The van der Waals surface area contributed by atoms with Crippen LogP contribution in [0.2, 0.25) is 0 Å². The molecule has 1 aromatic heterocycles. The summed E-state index contributed by atoms with van der Waals surface area (Å²) in [6, 6.07) is 10.4. The summed E-state index contributed by atoms with van der Waals surface area (Å²) in [4.78, 5) is 90.0. The van der Waals surface area contributed by atoms with Crippen molar-refractivity contribution in [3.8, 4) is 5.75 Å². The second-order valence-electron chi connectivity index (χ2n) is 15.4. The summed E-state index contributed by atoms with van der Waals surface area (Å²) >= 11 is 0. The van der Waals surface area contributed by atoms with Crippen molar-refractivity contribution in [3.63, 3.8) is 0 Å². The van der Waals surface area contributed by atoms with E-state index in [1.807, 2.05) is 51.1 Å². The summed E-state index contributed by atoms with van der Waals surface area (Å²) in [5.41, 5.74) is 7.96. The molecule has 3 aromatic rings. The van der Waals surface area contributed by atoms with Crippen molar-refractivity contribution in [1.29, 1.82) is 0 Å². The molecule has 7 atom stereocenters. The Balaban J connectivity index is 1.56. The van der Waals surface area contributed by atoms with Gasteiger partial charge in [0, 0.05) is 43.9 Å². The number of aliphatic carboxylic acids is 1. The summed E-state index contributed by atoms with van der Waals surface area (Å²) in [7, 11) is 0. The average molecular weight is 803 g/mol. The minimum Gasteiger partial charge on any atom is -0.508 e. The molecule has 0 saturated carbocycles. The average Bonchev–Trinajstić information content (AvgIpc) is 3.90. The van der Waals surface area contributed by atoms with Gasteiger partial charge in [-0.2, -0.15) is 0 Å². The van der Waals surface area contributed by atoms with E-state index in [0.717, 1.165) is 5.56 Å². The molecule has 4 rings (SSSR count). The van der Waals surface area contributed by atoms with Crippen molar-refractivity contribution in [2.24, 2.45) is 23.5 Å². The van der Waals surface area contributed by atoms with Crippen LogP contribution in [0.3, 0.4) is 0 Å². The molecule has 1 aliphatic rings. The Morgan fingerprint density at radius 2 is 1.53 bits per heavy atom. The molecule has 314 valence electrons. The molecule has 9 N–H and O–H groups in total. The maximum atomic E-state index is 14.4. The number of aromatic amines is 1. The van der Waals surface area contributed by atoms with Gasteiger partial charge in [-0.05, 0) is 54.4 Å². The van der Waals surface area contributed by atoms with Crippen molar-refractivity contribution >= 4 is 35.5 Å². The van der Waals surface area contributed by atoms with E-state index >= 15 is 0 Å². The van der Waals surface area contributed by atoms with Crippen LogP contribution in [-0.4, -0.2) is 104 Å². The van der Waals surface area contributed by atoms with Gasteiger partial charge in [0.1, 0.15) is 29.9 Å². The monoisotopic (exact) mass is 802 g/mol. The zero-order valence-corrected chi connectivity index (χ0v) is 33.6. The molecule has 1 aliphatic heterocycles. The number of rotatable bonds is 21. The fourth-order valence-corrected chi connectivity index (χ4v) is 7.16. The topological polar surface area (TPSA) is 249 Å². The highest BCUT2D eigenvalue weighted by Crippen LogP contribution is 2.21. The van der Waals surface area contributed by atoms with E-state index < -0.39 is 77.6 Å². The van der Waals surface area contributed by atoms with Crippen LogP contribution in [0.5, 0.6) is 5.75 Å². The number of nitrogens with zero attached hydrogens (tertiary/aromatic N) is 2. The van der Waals surface area contributed by atoms with Gasteiger partial charge in [-0.3, -0.25) is 28.8 Å². The Bertz CT molecular complexity index is 1820. The van der Waals surface area contributed by atoms with Crippen LogP contribution >= 0.6 is 0 Å². The van der Waals surface area contributed by atoms with Gasteiger partial charge in [-0.15, -0.1) is 0 Å². The summed E-state index contributed by atoms with van der Waals surface area (Å²) < 4.78 is 0. The lowest BCUT2D eigenvalue weighted by atomic mass is 9.93. The van der Waals surface area contributed by atoms with E-state index in [2.05, 4.69) is 31.2 Å². The van der Waals surface area contributed by atoms with Crippen LogP contribution in [0.25, 0.3) is 0 Å². The number of carboxylic acids is 1. The minimum absolute atomic E-state index is 0.00143. The van der Waals surface area contributed by atoms with Crippen molar-refractivity contribution in [2.75, 3.05) is 13.1 Å². The van der Waals surface area contributed by atoms with Crippen LogP contribution in [0.15, 0.2) is 67.1 Å². The lowest BCUT2D eigenvalue weighted by molar-refractivity contribution is -0.142. The first-order valence-corrected chi connectivity index (χ1v) is 19.9. The van der Waals surface area contributed by atoms with E-state index in [0.29, 0.717) is 30.5 Å². The zero-order valence-electron chi connectivity index (χ0n) is 33.6. The van der Waals surface area contributed by atoms with Gasteiger partial charge in [-0.1, -0.05) is 76.6 Å². The van der Waals surface area contributed by atoms with Gasteiger partial charge in [-0.25, -0.2) is 4.98 Å². The number of amides is 5. The maximum Gasteiger partial charge on any atom is 0.305 e. The number of carboxylic acid groups (broad SMARTS) is 1. The molecule has 2 heterocycles. The molecule has 0 aliphatic carbocycles. The minimum atomic E-state index is -1.17. The summed E-state index contributed by atoms with van der Waals surface area (Å²) in [5, 5.41) is 30.8. The Morgan fingerprint density at radius 1 is 0.862 bits per heavy atom. The third kappa shape index (κ3) is 12.9. The first-order valence-electron chi connectivity index (χ1n) is 19.9. The predicted octanol–water partition coefficient (Wildman–Crippen LogP) is 1.83. The van der Waals surface area contributed by atoms with Crippen LogP contribution in [0, 0.1) is 17.8 Å². The van der Waals surface area contributed by atoms with E-state index in [1.165, 1.54) is 29.6 Å². The number of nitrogens with one attached hydrogen (secondary N) is 5. The van der Waals surface area contributed by atoms with Crippen molar-refractivity contribution in [2.45, 2.75) is 103 Å². The fraction of sp³-hybridized carbons (Fsp3) is 0.500. The van der Waals surface area contributed by atoms with Crippen LogP contribution in [0.4, 0.5) is 0 Å². The molecular formula is C42H58N8O8. The Morgan fingerprint density at radius 3 is 2.14 bits per heavy atom. The number of hydrogen-bond acceptors (Lipinski definition) is 9. The molecule has 0 spiro atoms. The normalized spacial score (nSPS) is 17.0. The fourth-order valence-electron chi connectivity index (χ4n) is 7.16.